The molecule has 0 aliphatic heterocycles. The van der Waals surface area contributed by atoms with Crippen LogP contribution in [0, 0.1) is 0 Å². The molecule has 4 aromatic rings. The second-order valence-corrected chi connectivity index (χ2v) is 7.98. The summed E-state index contributed by atoms with van der Waals surface area (Å²) in [6.07, 6.45) is 1.37. The molecule has 0 saturated carbocycles. The standard InChI is InChI=1S/C24H21N5O4S/c1-33-19-10-8-18(9-11-19)29-23(17-5-3-2-4-6-17)27-28-24(29)34-15-22(32)26-25-14-16-7-12-20(30)21(31)13-16/h2-14,30-31H,15H2,1H3,(H,26,32)/b25-14+. The molecule has 0 unspecified atom stereocenters. The molecule has 4 rings (SSSR count). The average Bonchev–Trinajstić information content (AvgIpc) is 3.29. The molecule has 172 valence electrons. The van der Waals surface area contributed by atoms with Crippen molar-refractivity contribution < 1.29 is 19.7 Å². The lowest BCUT2D eigenvalue weighted by atomic mass is 10.2. The fourth-order valence-electron chi connectivity index (χ4n) is 3.06. The number of hydrogen-bond acceptors (Lipinski definition) is 8. The van der Waals surface area contributed by atoms with Crippen LogP contribution in [0.5, 0.6) is 17.2 Å². The Labute approximate surface area is 199 Å². The van der Waals surface area contributed by atoms with Crippen molar-refractivity contribution in [3.63, 3.8) is 0 Å². The smallest absolute Gasteiger partial charge is 0.250 e. The Morgan fingerprint density at radius 2 is 1.82 bits per heavy atom. The molecule has 0 atom stereocenters. The second-order valence-electron chi connectivity index (χ2n) is 7.04. The highest BCUT2D eigenvalue weighted by atomic mass is 32.2. The highest BCUT2D eigenvalue weighted by molar-refractivity contribution is 7.99. The van der Waals surface area contributed by atoms with Crippen molar-refractivity contribution >= 4 is 23.9 Å². The van der Waals surface area contributed by atoms with E-state index in [1.807, 2.05) is 59.2 Å². The van der Waals surface area contributed by atoms with E-state index in [0.717, 1.165) is 17.0 Å². The van der Waals surface area contributed by atoms with E-state index < -0.39 is 0 Å². The molecule has 0 aliphatic carbocycles. The van der Waals surface area contributed by atoms with E-state index in [0.29, 0.717) is 16.5 Å². The van der Waals surface area contributed by atoms with Crippen LogP contribution < -0.4 is 10.2 Å². The highest BCUT2D eigenvalue weighted by Crippen LogP contribution is 2.29. The van der Waals surface area contributed by atoms with Crippen molar-refractivity contribution in [2.24, 2.45) is 5.10 Å². The van der Waals surface area contributed by atoms with E-state index in [4.69, 9.17) is 4.74 Å². The van der Waals surface area contributed by atoms with E-state index in [1.165, 1.54) is 30.1 Å². The maximum atomic E-state index is 12.3. The third-order valence-corrected chi connectivity index (χ3v) is 5.66. The number of carbonyl (C=O) groups is 1. The summed E-state index contributed by atoms with van der Waals surface area (Å²) in [6.45, 7) is 0. The van der Waals surface area contributed by atoms with E-state index in [-0.39, 0.29) is 23.2 Å². The quantitative estimate of drug-likeness (QED) is 0.154. The van der Waals surface area contributed by atoms with Gasteiger partial charge in [-0.05, 0) is 48.0 Å². The molecular weight excluding hydrogens is 454 g/mol. The molecule has 0 aliphatic rings. The Kier molecular flexibility index (Phi) is 7.09. The lowest BCUT2D eigenvalue weighted by molar-refractivity contribution is -0.118. The van der Waals surface area contributed by atoms with Crippen molar-refractivity contribution in [1.82, 2.24) is 20.2 Å². The minimum absolute atomic E-state index is 0.0568. The molecule has 1 amide bonds. The normalized spacial score (nSPS) is 11.0. The first-order valence-corrected chi connectivity index (χ1v) is 11.2. The molecule has 1 heterocycles. The van der Waals surface area contributed by atoms with Gasteiger partial charge in [-0.2, -0.15) is 5.10 Å². The number of nitrogens with one attached hydrogen (secondary N) is 1. The van der Waals surface area contributed by atoms with Crippen LogP contribution >= 0.6 is 11.8 Å². The summed E-state index contributed by atoms with van der Waals surface area (Å²) in [4.78, 5) is 12.3. The summed E-state index contributed by atoms with van der Waals surface area (Å²) in [5.41, 5.74) is 4.69. The summed E-state index contributed by atoms with van der Waals surface area (Å²) in [5.74, 6) is 0.604. The zero-order valence-electron chi connectivity index (χ0n) is 18.1. The molecule has 0 bridgehead atoms. The third kappa shape index (κ3) is 5.36. The number of hydrogen-bond donors (Lipinski definition) is 3. The van der Waals surface area contributed by atoms with E-state index >= 15 is 0 Å². The summed E-state index contributed by atoms with van der Waals surface area (Å²) in [7, 11) is 1.61. The number of methoxy groups -OCH3 is 1. The van der Waals surface area contributed by atoms with Crippen molar-refractivity contribution in [2.75, 3.05) is 12.9 Å². The van der Waals surface area contributed by atoms with Gasteiger partial charge >= 0.3 is 0 Å². The van der Waals surface area contributed by atoms with Gasteiger partial charge in [0.1, 0.15) is 5.75 Å². The number of amides is 1. The maximum Gasteiger partial charge on any atom is 0.250 e. The summed E-state index contributed by atoms with van der Waals surface area (Å²) >= 11 is 1.23. The van der Waals surface area contributed by atoms with Crippen LogP contribution in [0.25, 0.3) is 17.1 Å². The van der Waals surface area contributed by atoms with E-state index in [9.17, 15) is 15.0 Å². The molecule has 3 N–H and O–H groups in total. The number of thioether (sulfide) groups is 1. The SMILES string of the molecule is COc1ccc(-n2c(SCC(=O)N/N=C/c3ccc(O)c(O)c3)nnc2-c2ccccc2)cc1. The molecular formula is C24H21N5O4S. The van der Waals surface area contributed by atoms with Crippen molar-refractivity contribution in [3.8, 4) is 34.3 Å². The van der Waals surface area contributed by atoms with Crippen LogP contribution in [-0.4, -0.2) is 50.0 Å². The van der Waals surface area contributed by atoms with Gasteiger partial charge in [-0.1, -0.05) is 42.1 Å². The molecule has 9 nitrogen and oxygen atoms in total. The second kappa shape index (κ2) is 10.5. The van der Waals surface area contributed by atoms with Gasteiger partial charge in [0.25, 0.3) is 5.91 Å². The zero-order chi connectivity index (χ0) is 23.9. The molecule has 0 spiro atoms. The fraction of sp³-hybridized carbons (Fsp3) is 0.0833. The average molecular weight is 476 g/mol. The number of aromatic nitrogens is 3. The van der Waals surface area contributed by atoms with E-state index in [2.05, 4.69) is 20.7 Å². The van der Waals surface area contributed by atoms with E-state index in [1.54, 1.807) is 13.2 Å². The summed E-state index contributed by atoms with van der Waals surface area (Å²) < 4.78 is 7.14. The van der Waals surface area contributed by atoms with Gasteiger partial charge < -0.3 is 14.9 Å². The van der Waals surface area contributed by atoms with Crippen LogP contribution in [0.1, 0.15) is 5.56 Å². The zero-order valence-corrected chi connectivity index (χ0v) is 18.9. The fourth-order valence-corrected chi connectivity index (χ4v) is 3.81. The molecule has 10 heteroatoms. The van der Waals surface area contributed by atoms with Crippen LogP contribution in [-0.2, 0) is 4.79 Å². The number of hydrazone groups is 1. The van der Waals surface area contributed by atoms with Crippen LogP contribution in [0.15, 0.2) is 83.1 Å². The topological polar surface area (TPSA) is 122 Å². The minimum atomic E-state index is -0.338. The first kappa shape index (κ1) is 22.9. The number of carbonyl (C=O) groups excluding carboxylic acids is 1. The molecule has 0 saturated heterocycles. The Hall–Kier alpha value is -4.31. The Morgan fingerprint density at radius 1 is 1.06 bits per heavy atom. The van der Waals surface area contributed by atoms with Gasteiger partial charge in [-0.25, -0.2) is 5.43 Å². The lowest BCUT2D eigenvalue weighted by Crippen LogP contribution is -2.20. The number of phenolic OH excluding ortho intramolecular Hbond substituents is 2. The van der Waals surface area contributed by atoms with Crippen LogP contribution in [0.4, 0.5) is 0 Å². The van der Waals surface area contributed by atoms with Gasteiger partial charge in [-0.3, -0.25) is 9.36 Å². The molecule has 34 heavy (non-hydrogen) atoms. The van der Waals surface area contributed by atoms with Crippen molar-refractivity contribution in [3.05, 3.63) is 78.4 Å². The highest BCUT2D eigenvalue weighted by Gasteiger charge is 2.17. The first-order chi connectivity index (χ1) is 16.5. The number of aromatic hydroxyl groups is 2. The number of ether oxygens (including phenoxy) is 1. The molecule has 0 radical (unpaired) electrons. The van der Waals surface area contributed by atoms with Crippen molar-refractivity contribution in [2.45, 2.75) is 5.16 Å². The maximum absolute atomic E-state index is 12.3. The lowest BCUT2D eigenvalue weighted by Gasteiger charge is -2.11. The number of benzene rings is 3. The van der Waals surface area contributed by atoms with Crippen LogP contribution in [0.3, 0.4) is 0 Å². The largest absolute Gasteiger partial charge is 0.504 e. The Balaban J connectivity index is 1.49. The van der Waals surface area contributed by atoms with Crippen molar-refractivity contribution in [1.29, 1.82) is 0 Å². The minimum Gasteiger partial charge on any atom is -0.504 e. The number of rotatable bonds is 8. The van der Waals surface area contributed by atoms with Gasteiger partial charge in [-0.15, -0.1) is 10.2 Å². The first-order valence-electron chi connectivity index (χ1n) is 10.2. The van der Waals surface area contributed by atoms with Gasteiger partial charge in [0.05, 0.1) is 19.1 Å². The Morgan fingerprint density at radius 3 is 2.53 bits per heavy atom. The summed E-state index contributed by atoms with van der Waals surface area (Å²) in [5, 5.41) is 32.0. The third-order valence-electron chi connectivity index (χ3n) is 4.73. The molecule has 3 aromatic carbocycles. The van der Waals surface area contributed by atoms with Gasteiger partial charge in [0.15, 0.2) is 22.5 Å². The predicted octanol–water partition coefficient (Wildman–Crippen LogP) is 3.60. The molecule has 0 fully saturated rings. The predicted molar refractivity (Wildman–Crippen MR) is 130 cm³/mol. The van der Waals surface area contributed by atoms with Gasteiger partial charge in [0.2, 0.25) is 0 Å². The van der Waals surface area contributed by atoms with Gasteiger partial charge in [0, 0.05) is 11.3 Å². The summed E-state index contributed by atoms with van der Waals surface area (Å²) in [6, 6.07) is 21.4. The number of phenols is 2. The molecule has 1 aromatic heterocycles. The Bertz CT molecular complexity index is 1310. The number of nitrogens with zero attached hydrogens (tertiary/aromatic N) is 4. The van der Waals surface area contributed by atoms with Crippen LogP contribution in [0.2, 0.25) is 0 Å². The monoisotopic (exact) mass is 475 g/mol.